The van der Waals surface area contributed by atoms with E-state index in [1.54, 1.807) is 0 Å². The van der Waals surface area contributed by atoms with E-state index in [2.05, 4.69) is 10.1 Å². The van der Waals surface area contributed by atoms with Gasteiger partial charge in [-0.3, -0.25) is 0 Å². The van der Waals surface area contributed by atoms with Crippen LogP contribution < -0.4 is 0 Å². The average molecular weight is 279 g/mol. The van der Waals surface area contributed by atoms with E-state index in [4.69, 9.17) is 0 Å². The third-order valence-corrected chi connectivity index (χ3v) is 2.85. The molecule has 0 unspecified atom stereocenters. The van der Waals surface area contributed by atoms with Gasteiger partial charge < -0.3 is 5.11 Å². The van der Waals surface area contributed by atoms with Gasteiger partial charge in [0.1, 0.15) is 0 Å². The summed E-state index contributed by atoms with van der Waals surface area (Å²) < 4.78 is 40.0. The lowest BCUT2D eigenvalue weighted by Crippen LogP contribution is -2.07. The van der Waals surface area contributed by atoms with Gasteiger partial charge in [-0.15, -0.1) is 0 Å². The van der Waals surface area contributed by atoms with Crippen LogP contribution >= 0.6 is 0 Å². The Hall–Kier alpha value is -2.57. The van der Waals surface area contributed by atoms with Gasteiger partial charge in [-0.2, -0.15) is 22.8 Å². The lowest BCUT2D eigenvalue weighted by molar-refractivity contribution is -0.137. The Balaban J connectivity index is 2.24. The highest BCUT2D eigenvalue weighted by atomic mass is 19.4. The van der Waals surface area contributed by atoms with Crippen molar-refractivity contribution in [3.05, 3.63) is 48.2 Å². The maximum atomic E-state index is 13.0. The van der Waals surface area contributed by atoms with E-state index in [1.807, 2.05) is 0 Å². The first-order valence-electron chi connectivity index (χ1n) is 5.67. The molecule has 0 atom stereocenters. The molecule has 0 bridgehead atoms. The van der Waals surface area contributed by atoms with Gasteiger partial charge in [-0.05, 0) is 6.07 Å². The largest absolute Gasteiger partial charge is 0.493 e. The molecule has 2 aromatic heterocycles. The summed E-state index contributed by atoms with van der Waals surface area (Å²) in [6, 6.07) is 7.84. The first-order chi connectivity index (χ1) is 9.47. The van der Waals surface area contributed by atoms with Crippen LogP contribution in [-0.4, -0.2) is 19.7 Å². The number of hydrogen-bond donors (Lipinski definition) is 1. The number of halogens is 3. The topological polar surface area (TPSA) is 50.4 Å². The molecule has 3 rings (SSSR count). The predicted octanol–water partition coefficient (Wildman–Crippen LogP) is 3.12. The van der Waals surface area contributed by atoms with Crippen LogP contribution in [0, 0.1) is 0 Å². The molecule has 0 radical (unpaired) electrons. The molecule has 102 valence electrons. The van der Waals surface area contributed by atoms with Crippen LogP contribution in [0.4, 0.5) is 13.2 Å². The summed E-state index contributed by atoms with van der Waals surface area (Å²) in [5, 5.41) is 13.6. The van der Waals surface area contributed by atoms with Gasteiger partial charge in [0.05, 0.1) is 11.3 Å². The van der Waals surface area contributed by atoms with Crippen LogP contribution in [0.1, 0.15) is 5.56 Å². The van der Waals surface area contributed by atoms with E-state index in [9.17, 15) is 18.3 Å². The fourth-order valence-corrected chi connectivity index (χ4v) is 1.97. The minimum atomic E-state index is -4.47. The fraction of sp³-hybridized carbons (Fsp3) is 0.0769. The number of rotatable bonds is 1. The number of alkyl halides is 3. The molecule has 1 N–H and O–H groups in total. The number of nitrogens with zero attached hydrogens (tertiary/aromatic N) is 3. The van der Waals surface area contributed by atoms with Crippen molar-refractivity contribution in [3.8, 4) is 17.1 Å². The molecule has 0 aliphatic carbocycles. The molecule has 1 aromatic carbocycles. The zero-order chi connectivity index (χ0) is 14.3. The molecule has 0 spiro atoms. The summed E-state index contributed by atoms with van der Waals surface area (Å²) >= 11 is 0. The zero-order valence-corrected chi connectivity index (χ0v) is 9.96. The Morgan fingerprint density at radius 3 is 2.55 bits per heavy atom. The molecule has 0 aliphatic rings. The summed E-state index contributed by atoms with van der Waals surface area (Å²) in [5.41, 5.74) is -0.448. The Morgan fingerprint density at radius 2 is 1.85 bits per heavy atom. The number of aromatic hydroxyl groups is 1. The molecule has 0 fully saturated rings. The number of hydrogen-bond acceptors (Lipinski definition) is 3. The van der Waals surface area contributed by atoms with Crippen molar-refractivity contribution in [3.63, 3.8) is 0 Å². The second-order valence-electron chi connectivity index (χ2n) is 4.15. The molecule has 7 heteroatoms. The van der Waals surface area contributed by atoms with Crippen molar-refractivity contribution in [2.45, 2.75) is 6.18 Å². The van der Waals surface area contributed by atoms with E-state index in [0.717, 1.165) is 10.6 Å². The van der Waals surface area contributed by atoms with Crippen molar-refractivity contribution in [1.29, 1.82) is 0 Å². The van der Waals surface area contributed by atoms with E-state index in [1.165, 1.54) is 36.5 Å². The molecular weight excluding hydrogens is 271 g/mol. The Bertz CT molecular complexity index is 780. The van der Waals surface area contributed by atoms with Crippen LogP contribution in [0.3, 0.4) is 0 Å². The van der Waals surface area contributed by atoms with Gasteiger partial charge in [0.25, 0.3) is 0 Å². The highest BCUT2D eigenvalue weighted by Gasteiger charge is 2.33. The minimum absolute atomic E-state index is 0.0510. The van der Waals surface area contributed by atoms with E-state index in [0.29, 0.717) is 0 Å². The number of aromatic nitrogens is 3. The molecule has 0 aliphatic heterocycles. The van der Waals surface area contributed by atoms with Crippen LogP contribution in [0.5, 0.6) is 5.88 Å². The van der Waals surface area contributed by atoms with Crippen molar-refractivity contribution < 1.29 is 18.3 Å². The molecule has 0 saturated heterocycles. The Morgan fingerprint density at radius 1 is 1.10 bits per heavy atom. The summed E-state index contributed by atoms with van der Waals surface area (Å²) in [7, 11) is 0. The normalized spacial score (nSPS) is 11.9. The lowest BCUT2D eigenvalue weighted by Gasteiger charge is -2.10. The first kappa shape index (κ1) is 12.5. The predicted molar refractivity (Wildman–Crippen MR) is 65.1 cm³/mol. The molecule has 20 heavy (non-hydrogen) atoms. The van der Waals surface area contributed by atoms with Crippen LogP contribution in [0.2, 0.25) is 0 Å². The first-order valence-corrected chi connectivity index (χ1v) is 5.67. The Kier molecular flexibility index (Phi) is 2.63. The molecule has 4 nitrogen and oxygen atoms in total. The second kappa shape index (κ2) is 4.22. The second-order valence-corrected chi connectivity index (χ2v) is 4.15. The maximum absolute atomic E-state index is 13.0. The summed E-state index contributed by atoms with van der Waals surface area (Å²) in [4.78, 5) is 3.94. The molecule has 0 amide bonds. The minimum Gasteiger partial charge on any atom is -0.493 e. The van der Waals surface area contributed by atoms with Crippen molar-refractivity contribution in [1.82, 2.24) is 14.6 Å². The summed E-state index contributed by atoms with van der Waals surface area (Å²) in [6.45, 7) is 0. The van der Waals surface area contributed by atoms with Crippen LogP contribution in [0.25, 0.3) is 16.9 Å². The van der Waals surface area contributed by atoms with E-state index >= 15 is 0 Å². The lowest BCUT2D eigenvalue weighted by atomic mass is 10.0. The van der Waals surface area contributed by atoms with E-state index in [-0.39, 0.29) is 22.8 Å². The smallest absolute Gasteiger partial charge is 0.417 e. The van der Waals surface area contributed by atoms with Gasteiger partial charge in [0.15, 0.2) is 5.65 Å². The SMILES string of the molecule is Oc1ccnc2cc(-c3ccccc3C(F)(F)F)nn12. The highest BCUT2D eigenvalue weighted by Crippen LogP contribution is 2.36. The number of fused-ring (bicyclic) bond motifs is 1. The highest BCUT2D eigenvalue weighted by molar-refractivity contribution is 5.68. The van der Waals surface area contributed by atoms with E-state index < -0.39 is 11.7 Å². The van der Waals surface area contributed by atoms with Crippen molar-refractivity contribution in [2.75, 3.05) is 0 Å². The molecular formula is C13H8F3N3O. The summed E-state index contributed by atoms with van der Waals surface area (Å²) in [5.74, 6) is -0.189. The van der Waals surface area contributed by atoms with Gasteiger partial charge in [-0.1, -0.05) is 18.2 Å². The molecule has 3 aromatic rings. The van der Waals surface area contributed by atoms with Crippen LogP contribution in [0.15, 0.2) is 42.6 Å². The third-order valence-electron chi connectivity index (χ3n) is 2.85. The average Bonchev–Trinajstić information content (AvgIpc) is 2.83. The quantitative estimate of drug-likeness (QED) is 0.744. The standard InChI is InChI=1S/C13H8F3N3O/c14-13(15,16)9-4-2-1-3-8(9)10-7-11-17-6-5-12(20)19(11)18-10/h1-7,20H. The van der Waals surface area contributed by atoms with Crippen molar-refractivity contribution >= 4 is 5.65 Å². The van der Waals surface area contributed by atoms with Gasteiger partial charge in [0.2, 0.25) is 5.88 Å². The third kappa shape index (κ3) is 1.97. The van der Waals surface area contributed by atoms with Crippen molar-refractivity contribution in [2.24, 2.45) is 0 Å². The van der Waals surface area contributed by atoms with Gasteiger partial charge >= 0.3 is 6.18 Å². The molecule has 2 heterocycles. The van der Waals surface area contributed by atoms with Gasteiger partial charge in [-0.25, -0.2) is 4.98 Å². The maximum Gasteiger partial charge on any atom is 0.417 e. The van der Waals surface area contributed by atoms with Gasteiger partial charge in [0, 0.05) is 23.9 Å². The Labute approximate surface area is 111 Å². The van der Waals surface area contributed by atoms with Crippen LogP contribution in [-0.2, 0) is 6.18 Å². The molecule has 0 saturated carbocycles. The zero-order valence-electron chi connectivity index (χ0n) is 9.96. The monoisotopic (exact) mass is 279 g/mol. The summed E-state index contributed by atoms with van der Waals surface area (Å²) in [6.07, 6.45) is -3.12. The number of benzene rings is 1. The fourth-order valence-electron chi connectivity index (χ4n) is 1.97.